The Balaban J connectivity index is 2.00. The van der Waals surface area contributed by atoms with Gasteiger partial charge in [0, 0.05) is 18.0 Å². The average Bonchev–Trinajstić information content (AvgIpc) is 3.02. The lowest BCUT2D eigenvalue weighted by Gasteiger charge is -1.99. The van der Waals surface area contributed by atoms with E-state index in [1.807, 2.05) is 6.20 Å². The van der Waals surface area contributed by atoms with Gasteiger partial charge in [-0.1, -0.05) is 0 Å². The van der Waals surface area contributed by atoms with Crippen molar-refractivity contribution in [3.63, 3.8) is 0 Å². The van der Waals surface area contributed by atoms with Crippen molar-refractivity contribution in [3.05, 3.63) is 28.5 Å². The summed E-state index contributed by atoms with van der Waals surface area (Å²) in [5.41, 5.74) is 2.25. The van der Waals surface area contributed by atoms with Gasteiger partial charge in [0.1, 0.15) is 0 Å². The zero-order valence-electron chi connectivity index (χ0n) is 7.85. The number of hydrogen-bond donors (Lipinski definition) is 0. The molecule has 3 nitrogen and oxygen atoms in total. The molecule has 76 valence electrons. The Morgan fingerprint density at radius 3 is 2.87 bits per heavy atom. The minimum absolute atomic E-state index is 0.474. The largest absolute Gasteiger partial charge is 0.264 e. The van der Waals surface area contributed by atoms with Crippen molar-refractivity contribution >= 4 is 23.1 Å². The summed E-state index contributed by atoms with van der Waals surface area (Å²) >= 11 is 6.96. The molecular formula is C10H8ClN3S. The van der Waals surface area contributed by atoms with Crippen LogP contribution in [0.5, 0.6) is 0 Å². The second-order valence-corrected chi connectivity index (χ2v) is 4.99. The molecule has 0 N–H and O–H groups in total. The summed E-state index contributed by atoms with van der Waals surface area (Å²) in [6, 6.07) is 2.11. The number of aromatic nitrogens is 3. The van der Waals surface area contributed by atoms with E-state index < -0.39 is 0 Å². The Hall–Kier alpha value is -1.00. The van der Waals surface area contributed by atoms with Crippen molar-refractivity contribution in [1.82, 2.24) is 14.3 Å². The van der Waals surface area contributed by atoms with Crippen LogP contribution < -0.4 is 0 Å². The van der Waals surface area contributed by atoms with Gasteiger partial charge in [0.2, 0.25) is 4.47 Å². The molecule has 3 rings (SSSR count). The van der Waals surface area contributed by atoms with Gasteiger partial charge in [-0.25, -0.2) is 4.98 Å². The molecule has 1 fully saturated rings. The highest BCUT2D eigenvalue weighted by molar-refractivity contribution is 7.10. The second kappa shape index (κ2) is 3.54. The Morgan fingerprint density at radius 1 is 1.33 bits per heavy atom. The lowest BCUT2D eigenvalue weighted by molar-refractivity contribution is 1.09. The van der Waals surface area contributed by atoms with Gasteiger partial charge in [0.05, 0.1) is 0 Å². The van der Waals surface area contributed by atoms with Crippen molar-refractivity contribution in [2.24, 2.45) is 0 Å². The van der Waals surface area contributed by atoms with Gasteiger partial charge in [-0.2, -0.15) is 4.37 Å². The fraction of sp³-hybridized carbons (Fsp3) is 0.300. The van der Waals surface area contributed by atoms with E-state index in [0.29, 0.717) is 16.2 Å². The van der Waals surface area contributed by atoms with Crippen molar-refractivity contribution in [3.8, 4) is 11.4 Å². The van der Waals surface area contributed by atoms with E-state index in [2.05, 4.69) is 20.4 Å². The molecular weight excluding hydrogens is 230 g/mol. The predicted octanol–water partition coefficient (Wildman–Crippen LogP) is 3.13. The Labute approximate surface area is 96.3 Å². The number of pyridine rings is 1. The van der Waals surface area contributed by atoms with Crippen molar-refractivity contribution in [2.75, 3.05) is 0 Å². The van der Waals surface area contributed by atoms with Crippen molar-refractivity contribution < 1.29 is 0 Å². The summed E-state index contributed by atoms with van der Waals surface area (Å²) in [6.07, 6.45) is 6.26. The van der Waals surface area contributed by atoms with Gasteiger partial charge in [-0.15, -0.1) is 0 Å². The predicted molar refractivity (Wildman–Crippen MR) is 60.1 cm³/mol. The van der Waals surface area contributed by atoms with E-state index in [1.54, 1.807) is 6.20 Å². The molecule has 15 heavy (non-hydrogen) atoms. The first-order chi connectivity index (χ1) is 7.33. The lowest BCUT2D eigenvalue weighted by atomic mass is 10.1. The normalized spacial score (nSPS) is 15.5. The minimum atomic E-state index is 0.474. The third-order valence-electron chi connectivity index (χ3n) is 2.47. The molecule has 0 aliphatic heterocycles. The van der Waals surface area contributed by atoms with Gasteiger partial charge in [0.25, 0.3) is 0 Å². The summed E-state index contributed by atoms with van der Waals surface area (Å²) in [7, 11) is 0. The summed E-state index contributed by atoms with van der Waals surface area (Å²) in [6.45, 7) is 0. The smallest absolute Gasteiger partial charge is 0.203 e. The van der Waals surface area contributed by atoms with Crippen LogP contribution in [0, 0.1) is 0 Å². The second-order valence-electron chi connectivity index (χ2n) is 3.65. The van der Waals surface area contributed by atoms with Crippen LogP contribution in [0.4, 0.5) is 0 Å². The highest BCUT2D eigenvalue weighted by Crippen LogP contribution is 2.40. The molecule has 0 bridgehead atoms. The molecule has 0 unspecified atom stereocenters. The summed E-state index contributed by atoms with van der Waals surface area (Å²) < 4.78 is 4.64. The summed E-state index contributed by atoms with van der Waals surface area (Å²) in [4.78, 5) is 8.35. The molecule has 0 atom stereocenters. The molecule has 2 heterocycles. The van der Waals surface area contributed by atoms with Crippen molar-refractivity contribution in [2.45, 2.75) is 18.8 Å². The third kappa shape index (κ3) is 1.87. The fourth-order valence-electron chi connectivity index (χ4n) is 1.54. The highest BCUT2D eigenvalue weighted by Gasteiger charge is 2.24. The van der Waals surface area contributed by atoms with Crippen LogP contribution in [-0.4, -0.2) is 14.3 Å². The molecule has 0 amide bonds. The summed E-state index contributed by atoms with van der Waals surface area (Å²) in [5.74, 6) is 1.38. The van der Waals surface area contributed by atoms with Crippen LogP contribution in [0.3, 0.4) is 0 Å². The molecule has 0 saturated heterocycles. The van der Waals surface area contributed by atoms with Crippen LogP contribution in [0.1, 0.15) is 24.3 Å². The molecule has 5 heteroatoms. The van der Waals surface area contributed by atoms with Crippen molar-refractivity contribution in [1.29, 1.82) is 0 Å². The molecule has 2 aromatic heterocycles. The highest BCUT2D eigenvalue weighted by atomic mass is 35.5. The lowest BCUT2D eigenvalue weighted by Crippen LogP contribution is -1.86. The van der Waals surface area contributed by atoms with E-state index in [9.17, 15) is 0 Å². The molecule has 1 aliphatic carbocycles. The van der Waals surface area contributed by atoms with Gasteiger partial charge in [-0.05, 0) is 53.5 Å². The topological polar surface area (TPSA) is 38.7 Å². The monoisotopic (exact) mass is 237 g/mol. The molecule has 0 aromatic carbocycles. The third-order valence-corrected chi connectivity index (χ3v) is 3.27. The van der Waals surface area contributed by atoms with Crippen LogP contribution in [0.2, 0.25) is 4.47 Å². The Bertz CT molecular complexity index is 493. The maximum absolute atomic E-state index is 5.75. The van der Waals surface area contributed by atoms with E-state index in [0.717, 1.165) is 5.56 Å². The van der Waals surface area contributed by atoms with Crippen LogP contribution in [0.15, 0.2) is 18.5 Å². The first kappa shape index (κ1) is 9.24. The van der Waals surface area contributed by atoms with E-state index in [-0.39, 0.29) is 0 Å². The van der Waals surface area contributed by atoms with Gasteiger partial charge in [-0.3, -0.25) is 4.98 Å². The number of rotatable bonds is 2. The number of halogens is 1. The SMILES string of the molecule is Clc1nc(-c2cncc(C3CC3)c2)ns1. The molecule has 0 spiro atoms. The molecule has 1 saturated carbocycles. The standard InChI is InChI=1S/C10H8ClN3S/c11-10-13-9(14-15-10)8-3-7(4-12-5-8)6-1-2-6/h3-6H,1-2H2. The van der Waals surface area contributed by atoms with Gasteiger partial charge < -0.3 is 0 Å². The van der Waals surface area contributed by atoms with Gasteiger partial charge in [0.15, 0.2) is 5.82 Å². The minimum Gasteiger partial charge on any atom is -0.264 e. The fourth-order valence-corrected chi connectivity index (χ4v) is 2.16. The van der Waals surface area contributed by atoms with E-state index in [4.69, 9.17) is 11.6 Å². The maximum atomic E-state index is 5.75. The Morgan fingerprint density at radius 2 is 2.20 bits per heavy atom. The first-order valence-corrected chi connectivity index (χ1v) is 5.92. The zero-order valence-corrected chi connectivity index (χ0v) is 9.42. The Kier molecular flexibility index (Phi) is 2.18. The van der Waals surface area contributed by atoms with Crippen LogP contribution in [0.25, 0.3) is 11.4 Å². The number of nitrogens with zero attached hydrogens (tertiary/aromatic N) is 3. The van der Waals surface area contributed by atoms with Crippen LogP contribution >= 0.6 is 23.1 Å². The molecule has 0 radical (unpaired) electrons. The zero-order chi connectivity index (χ0) is 10.3. The molecule has 2 aromatic rings. The molecule has 1 aliphatic rings. The van der Waals surface area contributed by atoms with E-state index >= 15 is 0 Å². The van der Waals surface area contributed by atoms with Gasteiger partial charge >= 0.3 is 0 Å². The summed E-state index contributed by atoms with van der Waals surface area (Å²) in [5, 5.41) is 0. The first-order valence-electron chi connectivity index (χ1n) is 4.77. The van der Waals surface area contributed by atoms with E-state index in [1.165, 1.54) is 29.9 Å². The van der Waals surface area contributed by atoms with Crippen LogP contribution in [-0.2, 0) is 0 Å². The maximum Gasteiger partial charge on any atom is 0.203 e. The average molecular weight is 238 g/mol. The number of hydrogen-bond acceptors (Lipinski definition) is 4. The quantitative estimate of drug-likeness (QED) is 0.806.